The molecule has 1 aromatic carbocycles. The standard InChI is InChI=1S/C14H19FN2O.ClH/c1-16-9-8-14(18)17(13-6-7-13)10-11-2-4-12(15)5-3-11;/h2-5,13,16H,6-10H2,1H3;1H. The lowest BCUT2D eigenvalue weighted by Crippen LogP contribution is -2.34. The van der Waals surface area contributed by atoms with E-state index < -0.39 is 0 Å². The molecule has 2 rings (SSSR count). The molecule has 1 amide bonds. The lowest BCUT2D eigenvalue weighted by Gasteiger charge is -2.22. The number of halogens is 2. The van der Waals surface area contributed by atoms with Gasteiger partial charge in [-0.2, -0.15) is 0 Å². The van der Waals surface area contributed by atoms with Gasteiger partial charge in [0.25, 0.3) is 0 Å². The van der Waals surface area contributed by atoms with Crippen molar-refractivity contribution in [3.63, 3.8) is 0 Å². The predicted octanol–water partition coefficient (Wildman–Crippen LogP) is 2.35. The van der Waals surface area contributed by atoms with E-state index in [0.29, 0.717) is 25.6 Å². The molecule has 1 saturated carbocycles. The van der Waals surface area contributed by atoms with Gasteiger partial charge >= 0.3 is 0 Å². The van der Waals surface area contributed by atoms with Crippen molar-refractivity contribution in [3.05, 3.63) is 35.6 Å². The SMILES string of the molecule is CNCCC(=O)N(Cc1ccc(F)cc1)C1CC1.Cl. The molecule has 1 aliphatic carbocycles. The molecule has 0 atom stereocenters. The first kappa shape index (κ1) is 15.9. The first-order valence-electron chi connectivity index (χ1n) is 6.39. The van der Waals surface area contributed by atoms with Crippen LogP contribution in [-0.2, 0) is 11.3 Å². The van der Waals surface area contributed by atoms with Gasteiger partial charge in [-0.05, 0) is 37.6 Å². The smallest absolute Gasteiger partial charge is 0.224 e. The van der Waals surface area contributed by atoms with E-state index in [4.69, 9.17) is 0 Å². The quantitative estimate of drug-likeness (QED) is 0.871. The van der Waals surface area contributed by atoms with Crippen molar-refractivity contribution < 1.29 is 9.18 Å². The second-order valence-corrected chi connectivity index (χ2v) is 4.73. The largest absolute Gasteiger partial charge is 0.335 e. The minimum atomic E-state index is -0.238. The zero-order valence-corrected chi connectivity index (χ0v) is 11.9. The Morgan fingerprint density at radius 3 is 2.53 bits per heavy atom. The van der Waals surface area contributed by atoms with Crippen molar-refractivity contribution in [3.8, 4) is 0 Å². The van der Waals surface area contributed by atoms with Crippen LogP contribution in [0.1, 0.15) is 24.8 Å². The molecule has 0 bridgehead atoms. The number of amides is 1. The number of benzene rings is 1. The summed E-state index contributed by atoms with van der Waals surface area (Å²) in [5, 5.41) is 2.99. The average Bonchev–Trinajstić information content (AvgIpc) is 3.19. The molecule has 19 heavy (non-hydrogen) atoms. The fourth-order valence-electron chi connectivity index (χ4n) is 1.97. The third-order valence-electron chi connectivity index (χ3n) is 3.16. The predicted molar refractivity (Wildman–Crippen MR) is 75.8 cm³/mol. The maximum Gasteiger partial charge on any atom is 0.224 e. The van der Waals surface area contributed by atoms with Gasteiger partial charge in [-0.15, -0.1) is 12.4 Å². The molecule has 3 nitrogen and oxygen atoms in total. The molecule has 0 radical (unpaired) electrons. The highest BCUT2D eigenvalue weighted by molar-refractivity contribution is 5.85. The first-order chi connectivity index (χ1) is 8.70. The van der Waals surface area contributed by atoms with Crippen LogP contribution in [0.4, 0.5) is 4.39 Å². The van der Waals surface area contributed by atoms with Gasteiger partial charge in [0.1, 0.15) is 5.82 Å². The topological polar surface area (TPSA) is 32.3 Å². The van der Waals surface area contributed by atoms with Crippen LogP contribution in [0, 0.1) is 5.82 Å². The lowest BCUT2D eigenvalue weighted by molar-refractivity contribution is -0.132. The summed E-state index contributed by atoms with van der Waals surface area (Å²) in [6.45, 7) is 1.29. The Morgan fingerprint density at radius 2 is 2.00 bits per heavy atom. The number of hydrogen-bond donors (Lipinski definition) is 1. The van der Waals surface area contributed by atoms with E-state index in [2.05, 4.69) is 5.32 Å². The zero-order valence-electron chi connectivity index (χ0n) is 11.1. The number of carbonyl (C=O) groups excluding carboxylic acids is 1. The summed E-state index contributed by atoms with van der Waals surface area (Å²) < 4.78 is 12.8. The Balaban J connectivity index is 0.00000180. The van der Waals surface area contributed by atoms with Crippen molar-refractivity contribution in [2.75, 3.05) is 13.6 Å². The van der Waals surface area contributed by atoms with Crippen LogP contribution < -0.4 is 5.32 Å². The summed E-state index contributed by atoms with van der Waals surface area (Å²) in [7, 11) is 1.84. The van der Waals surface area contributed by atoms with E-state index in [1.165, 1.54) is 12.1 Å². The molecule has 0 aromatic heterocycles. The van der Waals surface area contributed by atoms with E-state index in [-0.39, 0.29) is 24.1 Å². The first-order valence-corrected chi connectivity index (χ1v) is 6.39. The Morgan fingerprint density at radius 1 is 1.37 bits per heavy atom. The minimum absolute atomic E-state index is 0. The number of nitrogens with one attached hydrogen (secondary N) is 1. The highest BCUT2D eigenvalue weighted by Gasteiger charge is 2.31. The molecule has 0 saturated heterocycles. The summed E-state index contributed by atoms with van der Waals surface area (Å²) >= 11 is 0. The zero-order chi connectivity index (χ0) is 13.0. The number of carbonyl (C=O) groups is 1. The van der Waals surface area contributed by atoms with Crippen LogP contribution in [0.3, 0.4) is 0 Å². The fraction of sp³-hybridized carbons (Fsp3) is 0.500. The van der Waals surface area contributed by atoms with Crippen molar-refractivity contribution in [2.45, 2.75) is 31.8 Å². The maximum atomic E-state index is 12.8. The molecular weight excluding hydrogens is 267 g/mol. The lowest BCUT2D eigenvalue weighted by atomic mass is 10.2. The molecule has 0 aliphatic heterocycles. The van der Waals surface area contributed by atoms with Gasteiger partial charge < -0.3 is 10.2 Å². The minimum Gasteiger partial charge on any atom is -0.335 e. The van der Waals surface area contributed by atoms with Crippen LogP contribution in [0.5, 0.6) is 0 Å². The molecule has 0 unspecified atom stereocenters. The molecule has 1 aliphatic rings. The van der Waals surface area contributed by atoms with Crippen molar-refractivity contribution in [1.29, 1.82) is 0 Å². The van der Waals surface area contributed by atoms with Crippen LogP contribution in [0.2, 0.25) is 0 Å². The molecule has 1 fully saturated rings. The highest BCUT2D eigenvalue weighted by atomic mass is 35.5. The molecule has 1 aromatic rings. The van der Waals surface area contributed by atoms with Crippen molar-refractivity contribution in [1.82, 2.24) is 10.2 Å². The Bertz CT molecular complexity index is 406. The van der Waals surface area contributed by atoms with E-state index in [1.54, 1.807) is 12.1 Å². The van der Waals surface area contributed by atoms with E-state index in [9.17, 15) is 9.18 Å². The second kappa shape index (κ2) is 7.46. The number of rotatable bonds is 6. The summed E-state index contributed by atoms with van der Waals surface area (Å²) in [5.74, 6) is -0.0607. The van der Waals surface area contributed by atoms with E-state index in [0.717, 1.165) is 18.4 Å². The van der Waals surface area contributed by atoms with Crippen molar-refractivity contribution >= 4 is 18.3 Å². The monoisotopic (exact) mass is 286 g/mol. The summed E-state index contributed by atoms with van der Waals surface area (Å²) in [4.78, 5) is 14.0. The Hall–Kier alpha value is -1.13. The van der Waals surface area contributed by atoms with Gasteiger partial charge in [-0.1, -0.05) is 12.1 Å². The highest BCUT2D eigenvalue weighted by Crippen LogP contribution is 2.28. The molecule has 106 valence electrons. The van der Waals surface area contributed by atoms with E-state index >= 15 is 0 Å². The van der Waals surface area contributed by atoms with Gasteiger partial charge in [-0.25, -0.2) is 4.39 Å². The maximum absolute atomic E-state index is 12.8. The molecular formula is C14H20ClFN2O. The molecule has 5 heteroatoms. The summed E-state index contributed by atoms with van der Waals surface area (Å²) in [5.41, 5.74) is 0.987. The Kier molecular flexibility index (Phi) is 6.25. The Labute approximate surface area is 119 Å². The summed E-state index contributed by atoms with van der Waals surface area (Å²) in [6.07, 6.45) is 2.70. The van der Waals surface area contributed by atoms with Gasteiger partial charge in [-0.3, -0.25) is 4.79 Å². The van der Waals surface area contributed by atoms with Gasteiger partial charge in [0.15, 0.2) is 0 Å². The molecule has 1 N–H and O–H groups in total. The normalized spacial score (nSPS) is 13.8. The third kappa shape index (κ3) is 4.80. The number of nitrogens with zero attached hydrogens (tertiary/aromatic N) is 1. The van der Waals surface area contributed by atoms with E-state index in [1.807, 2.05) is 11.9 Å². The third-order valence-corrected chi connectivity index (χ3v) is 3.16. The van der Waals surface area contributed by atoms with Gasteiger partial charge in [0, 0.05) is 25.6 Å². The van der Waals surface area contributed by atoms with Gasteiger partial charge in [0.05, 0.1) is 0 Å². The van der Waals surface area contributed by atoms with Gasteiger partial charge in [0.2, 0.25) is 5.91 Å². The van der Waals surface area contributed by atoms with Crippen LogP contribution in [-0.4, -0.2) is 30.4 Å². The van der Waals surface area contributed by atoms with Crippen LogP contribution in [0.15, 0.2) is 24.3 Å². The molecule has 0 spiro atoms. The molecule has 0 heterocycles. The van der Waals surface area contributed by atoms with Crippen molar-refractivity contribution in [2.24, 2.45) is 0 Å². The van der Waals surface area contributed by atoms with Crippen LogP contribution in [0.25, 0.3) is 0 Å². The van der Waals surface area contributed by atoms with Crippen LogP contribution >= 0.6 is 12.4 Å². The summed E-state index contributed by atoms with van der Waals surface area (Å²) in [6, 6.07) is 6.77. The second-order valence-electron chi connectivity index (χ2n) is 4.73. The fourth-order valence-corrected chi connectivity index (χ4v) is 1.97. The average molecular weight is 287 g/mol. The number of hydrogen-bond acceptors (Lipinski definition) is 2.